The number of hydrogen-bond donors (Lipinski definition) is 0. The normalized spacial score (nSPS) is 31.6. The van der Waals surface area contributed by atoms with Gasteiger partial charge in [0, 0.05) is 19.1 Å². The fourth-order valence-corrected chi connectivity index (χ4v) is 4.48. The van der Waals surface area contributed by atoms with Gasteiger partial charge in [0.2, 0.25) is 0 Å². The average Bonchev–Trinajstić information content (AvgIpc) is 3.30. The maximum Gasteiger partial charge on any atom is 0.118 e. The smallest absolute Gasteiger partial charge is 0.118 e. The summed E-state index contributed by atoms with van der Waals surface area (Å²) in [6.07, 6.45) is 5.46. The van der Waals surface area contributed by atoms with Crippen molar-refractivity contribution in [2.24, 2.45) is 0 Å². The van der Waals surface area contributed by atoms with Crippen molar-refractivity contribution in [3.05, 3.63) is 23.7 Å². The van der Waals surface area contributed by atoms with E-state index in [1.165, 1.54) is 32.4 Å². The molecule has 3 heterocycles. The number of ether oxygens (including phenoxy) is 2. The minimum Gasteiger partial charge on any atom is -0.465 e. The maximum atomic E-state index is 6.22. The highest BCUT2D eigenvalue weighted by Gasteiger charge is 2.43. The Hall–Kier alpha value is -0.880. The molecule has 4 rings (SSSR count). The number of rotatable bonds is 6. The second-order valence-electron chi connectivity index (χ2n) is 7.42. The maximum absolute atomic E-state index is 6.22. The van der Waals surface area contributed by atoms with Gasteiger partial charge in [-0.05, 0) is 57.8 Å². The summed E-state index contributed by atoms with van der Waals surface area (Å²) in [6.45, 7) is 9.08. The summed E-state index contributed by atoms with van der Waals surface area (Å²) in [5, 5.41) is 0. The van der Waals surface area contributed by atoms with Crippen molar-refractivity contribution in [3.63, 3.8) is 0 Å². The van der Waals surface area contributed by atoms with Gasteiger partial charge >= 0.3 is 0 Å². The van der Waals surface area contributed by atoms with Crippen molar-refractivity contribution >= 4 is 0 Å². The van der Waals surface area contributed by atoms with Gasteiger partial charge in [0.25, 0.3) is 0 Å². The summed E-state index contributed by atoms with van der Waals surface area (Å²) in [6, 6.07) is 4.62. The highest BCUT2D eigenvalue weighted by molar-refractivity contribution is 5.07. The van der Waals surface area contributed by atoms with Crippen LogP contribution in [0.2, 0.25) is 0 Å². The summed E-state index contributed by atoms with van der Waals surface area (Å²) in [7, 11) is 0. The predicted molar refractivity (Wildman–Crippen MR) is 92.0 cm³/mol. The van der Waals surface area contributed by atoms with E-state index in [2.05, 4.69) is 15.9 Å². The third-order valence-corrected chi connectivity index (χ3v) is 5.74. The fraction of sp³-hybridized carbons (Fsp3) is 0.789. The molecule has 3 aliphatic rings. The quantitative estimate of drug-likeness (QED) is 0.799. The zero-order valence-corrected chi connectivity index (χ0v) is 14.8. The van der Waals surface area contributed by atoms with Crippen LogP contribution in [0.1, 0.15) is 37.2 Å². The molecule has 0 radical (unpaired) electrons. The monoisotopic (exact) mass is 334 g/mol. The van der Waals surface area contributed by atoms with Gasteiger partial charge in [-0.15, -0.1) is 0 Å². The van der Waals surface area contributed by atoms with Gasteiger partial charge in [0.05, 0.1) is 32.0 Å². The van der Waals surface area contributed by atoms with E-state index in [4.69, 9.17) is 13.9 Å². The van der Waals surface area contributed by atoms with E-state index in [-0.39, 0.29) is 12.2 Å². The second kappa shape index (κ2) is 7.56. The Morgan fingerprint density at radius 2 is 2.04 bits per heavy atom. The molecular weight excluding hydrogens is 304 g/mol. The van der Waals surface area contributed by atoms with Crippen molar-refractivity contribution in [3.8, 4) is 0 Å². The van der Waals surface area contributed by atoms with Crippen LogP contribution in [0.25, 0.3) is 0 Å². The third-order valence-electron chi connectivity index (χ3n) is 5.74. The number of fused-ring (bicyclic) bond motifs is 1. The van der Waals surface area contributed by atoms with E-state index in [1.807, 2.05) is 13.0 Å². The van der Waals surface area contributed by atoms with Crippen LogP contribution in [0.3, 0.4) is 0 Å². The van der Waals surface area contributed by atoms with E-state index in [0.717, 1.165) is 50.8 Å². The first-order valence-corrected chi connectivity index (χ1v) is 9.54. The topological polar surface area (TPSA) is 38.1 Å². The van der Waals surface area contributed by atoms with E-state index in [9.17, 15) is 0 Å². The highest BCUT2D eigenvalue weighted by Crippen LogP contribution is 2.33. The fourth-order valence-electron chi connectivity index (χ4n) is 4.48. The molecule has 0 unspecified atom stereocenters. The first-order chi connectivity index (χ1) is 11.8. The van der Waals surface area contributed by atoms with Crippen molar-refractivity contribution < 1.29 is 13.9 Å². The lowest BCUT2D eigenvalue weighted by molar-refractivity contribution is -0.117. The van der Waals surface area contributed by atoms with Gasteiger partial charge < -0.3 is 18.8 Å². The lowest BCUT2D eigenvalue weighted by Crippen LogP contribution is -2.51. The van der Waals surface area contributed by atoms with Crippen molar-refractivity contribution in [1.29, 1.82) is 0 Å². The van der Waals surface area contributed by atoms with Crippen LogP contribution in [0.5, 0.6) is 0 Å². The lowest BCUT2D eigenvalue weighted by Gasteiger charge is -2.38. The van der Waals surface area contributed by atoms with Gasteiger partial charge in [-0.2, -0.15) is 0 Å². The molecule has 3 fully saturated rings. The Labute approximate surface area is 144 Å². The highest BCUT2D eigenvalue weighted by atomic mass is 16.5. The molecule has 24 heavy (non-hydrogen) atoms. The van der Waals surface area contributed by atoms with E-state index in [1.54, 1.807) is 0 Å². The van der Waals surface area contributed by atoms with Gasteiger partial charge in [-0.3, -0.25) is 4.90 Å². The predicted octanol–water partition coefficient (Wildman–Crippen LogP) is 2.43. The number of hydrogen-bond acceptors (Lipinski definition) is 5. The first-order valence-electron chi connectivity index (χ1n) is 9.54. The second-order valence-corrected chi connectivity index (χ2v) is 7.42. The zero-order chi connectivity index (χ0) is 16.4. The third kappa shape index (κ3) is 3.69. The van der Waals surface area contributed by atoms with Crippen molar-refractivity contribution in [1.82, 2.24) is 9.80 Å². The summed E-state index contributed by atoms with van der Waals surface area (Å²) < 4.78 is 18.1. The molecule has 3 atom stereocenters. The molecule has 1 aromatic heterocycles. The van der Waals surface area contributed by atoms with Crippen molar-refractivity contribution in [2.75, 3.05) is 39.4 Å². The molecule has 1 aromatic rings. The van der Waals surface area contributed by atoms with Gasteiger partial charge in [-0.25, -0.2) is 0 Å². The molecule has 0 spiro atoms. The molecule has 2 aliphatic heterocycles. The van der Waals surface area contributed by atoms with Crippen LogP contribution in [0.4, 0.5) is 0 Å². The van der Waals surface area contributed by atoms with E-state index in [0.29, 0.717) is 6.04 Å². The summed E-state index contributed by atoms with van der Waals surface area (Å²) in [5.41, 5.74) is 0. The molecule has 1 aliphatic carbocycles. The van der Waals surface area contributed by atoms with Crippen LogP contribution >= 0.6 is 0 Å². The zero-order valence-electron chi connectivity index (χ0n) is 14.8. The molecule has 5 heteroatoms. The molecule has 0 N–H and O–H groups in total. The molecule has 0 aromatic carbocycles. The lowest BCUT2D eigenvalue weighted by atomic mass is 10.1. The van der Waals surface area contributed by atoms with Crippen LogP contribution in [-0.2, 0) is 16.0 Å². The molecule has 0 amide bonds. The Bertz CT molecular complexity index is 526. The number of morpholine rings is 1. The van der Waals surface area contributed by atoms with E-state index < -0.39 is 0 Å². The first kappa shape index (κ1) is 16.6. The standard InChI is InChI=1S/C19H30N2O3/c1-15-4-5-16(24-15)14-21-11-13-23-19-17(21)6-7-18(19)22-12-10-20-8-2-3-9-20/h4-5,17-19H,2-3,6-14H2,1H3/t17-,18+,19+/m0/s1. The summed E-state index contributed by atoms with van der Waals surface area (Å²) in [4.78, 5) is 5.04. The Balaban J connectivity index is 1.29. The molecule has 5 nitrogen and oxygen atoms in total. The van der Waals surface area contributed by atoms with Crippen LogP contribution < -0.4 is 0 Å². The number of furan rings is 1. The summed E-state index contributed by atoms with van der Waals surface area (Å²) >= 11 is 0. The SMILES string of the molecule is Cc1ccc(CN2CCO[C@H]3[C@H](OCCN4CCCC4)CC[C@@H]32)o1. The number of likely N-dealkylation sites (tertiary alicyclic amines) is 1. The van der Waals surface area contributed by atoms with Crippen molar-refractivity contribution in [2.45, 2.75) is 57.4 Å². The number of nitrogens with zero attached hydrogens (tertiary/aromatic N) is 2. The average molecular weight is 334 g/mol. The van der Waals surface area contributed by atoms with Crippen LogP contribution in [0.15, 0.2) is 16.5 Å². The van der Waals surface area contributed by atoms with Crippen LogP contribution in [0, 0.1) is 6.92 Å². The Kier molecular flexibility index (Phi) is 5.22. The largest absolute Gasteiger partial charge is 0.465 e. The molecular formula is C19H30N2O3. The molecule has 0 bridgehead atoms. The van der Waals surface area contributed by atoms with Gasteiger partial charge in [0.1, 0.15) is 11.5 Å². The minimum absolute atomic E-state index is 0.230. The molecule has 1 saturated carbocycles. The van der Waals surface area contributed by atoms with E-state index >= 15 is 0 Å². The minimum atomic E-state index is 0.230. The summed E-state index contributed by atoms with van der Waals surface area (Å²) in [5.74, 6) is 2.05. The Morgan fingerprint density at radius 1 is 1.17 bits per heavy atom. The van der Waals surface area contributed by atoms with Crippen LogP contribution in [-0.4, -0.2) is 67.4 Å². The molecule has 134 valence electrons. The Morgan fingerprint density at radius 3 is 2.83 bits per heavy atom. The number of aryl methyl sites for hydroxylation is 1. The van der Waals surface area contributed by atoms with Gasteiger partial charge in [-0.1, -0.05) is 0 Å². The van der Waals surface area contributed by atoms with Gasteiger partial charge in [0.15, 0.2) is 0 Å². The molecule has 2 saturated heterocycles.